The van der Waals surface area contributed by atoms with Crippen LogP contribution in [-0.4, -0.2) is 16.9 Å². The highest BCUT2D eigenvalue weighted by atomic mass is 79.9. The van der Waals surface area contributed by atoms with Crippen molar-refractivity contribution in [3.8, 4) is 5.75 Å². The van der Waals surface area contributed by atoms with E-state index in [9.17, 15) is 0 Å². The third kappa shape index (κ3) is 2.97. The van der Waals surface area contributed by atoms with E-state index in [2.05, 4.69) is 26.5 Å². The number of hydrogen-bond donors (Lipinski definition) is 2. The van der Waals surface area contributed by atoms with Crippen LogP contribution >= 0.6 is 15.9 Å². The van der Waals surface area contributed by atoms with E-state index in [0.717, 1.165) is 27.9 Å². The van der Waals surface area contributed by atoms with Gasteiger partial charge in [-0.05, 0) is 40.5 Å². The molecule has 0 fully saturated rings. The lowest BCUT2D eigenvalue weighted by Gasteiger charge is -2.16. The van der Waals surface area contributed by atoms with Crippen molar-refractivity contribution in [2.24, 2.45) is 5.84 Å². The van der Waals surface area contributed by atoms with Crippen molar-refractivity contribution >= 4 is 15.9 Å². The predicted octanol–water partition coefficient (Wildman–Crippen LogP) is 2.23. The molecule has 102 valence electrons. The first-order chi connectivity index (χ1) is 9.19. The molecule has 1 unspecified atom stereocenters. The molecule has 0 spiro atoms. The standard InChI is InChI=1S/C13H17BrN4O/c1-3-18-8-10(7-16-18)13(17-15)9-4-5-12(19-2)11(14)6-9/h4-8,13,17H,3,15H2,1-2H3. The second kappa shape index (κ2) is 6.18. The fourth-order valence-corrected chi connectivity index (χ4v) is 2.51. The third-order valence-corrected chi connectivity index (χ3v) is 3.61. The van der Waals surface area contributed by atoms with E-state index >= 15 is 0 Å². The Hall–Kier alpha value is -1.37. The van der Waals surface area contributed by atoms with Crippen LogP contribution < -0.4 is 16.0 Å². The van der Waals surface area contributed by atoms with Gasteiger partial charge in [-0.1, -0.05) is 6.07 Å². The summed E-state index contributed by atoms with van der Waals surface area (Å²) in [4.78, 5) is 0. The highest BCUT2D eigenvalue weighted by Gasteiger charge is 2.15. The zero-order valence-corrected chi connectivity index (χ0v) is 12.5. The lowest BCUT2D eigenvalue weighted by Crippen LogP contribution is -2.28. The number of rotatable bonds is 5. The highest BCUT2D eigenvalue weighted by Crippen LogP contribution is 2.30. The Morgan fingerprint density at radius 2 is 2.26 bits per heavy atom. The number of methoxy groups -OCH3 is 1. The van der Waals surface area contributed by atoms with Crippen LogP contribution in [0.2, 0.25) is 0 Å². The molecule has 0 aliphatic rings. The lowest BCUT2D eigenvalue weighted by atomic mass is 10.0. The summed E-state index contributed by atoms with van der Waals surface area (Å²) in [5, 5.41) is 4.27. The first-order valence-corrected chi connectivity index (χ1v) is 6.80. The first-order valence-electron chi connectivity index (χ1n) is 6.01. The Morgan fingerprint density at radius 3 is 2.79 bits per heavy atom. The lowest BCUT2D eigenvalue weighted by molar-refractivity contribution is 0.411. The van der Waals surface area contributed by atoms with E-state index in [1.807, 2.05) is 42.2 Å². The van der Waals surface area contributed by atoms with Crippen LogP contribution in [-0.2, 0) is 6.54 Å². The summed E-state index contributed by atoms with van der Waals surface area (Å²) < 4.78 is 8.00. The Balaban J connectivity index is 2.33. The molecule has 1 heterocycles. The van der Waals surface area contributed by atoms with Crippen LogP contribution in [0.3, 0.4) is 0 Å². The number of hydrazine groups is 1. The molecule has 0 saturated heterocycles. The van der Waals surface area contributed by atoms with Gasteiger partial charge in [-0.25, -0.2) is 5.43 Å². The van der Waals surface area contributed by atoms with Gasteiger partial charge in [0.15, 0.2) is 0 Å². The number of halogens is 1. The first kappa shape index (κ1) is 14.0. The molecular weight excluding hydrogens is 308 g/mol. The van der Waals surface area contributed by atoms with E-state index in [-0.39, 0.29) is 6.04 Å². The van der Waals surface area contributed by atoms with Crippen molar-refractivity contribution < 1.29 is 4.74 Å². The summed E-state index contributed by atoms with van der Waals surface area (Å²) >= 11 is 3.48. The molecular formula is C13H17BrN4O. The molecule has 0 aliphatic carbocycles. The summed E-state index contributed by atoms with van der Waals surface area (Å²) in [5.41, 5.74) is 4.90. The predicted molar refractivity (Wildman–Crippen MR) is 77.8 cm³/mol. The van der Waals surface area contributed by atoms with Gasteiger partial charge in [-0.3, -0.25) is 10.5 Å². The van der Waals surface area contributed by atoms with Crippen molar-refractivity contribution in [1.82, 2.24) is 15.2 Å². The highest BCUT2D eigenvalue weighted by molar-refractivity contribution is 9.10. The largest absolute Gasteiger partial charge is 0.496 e. The number of nitrogens with two attached hydrogens (primary N) is 1. The minimum Gasteiger partial charge on any atom is -0.496 e. The molecule has 1 aromatic carbocycles. The molecule has 5 nitrogen and oxygen atoms in total. The molecule has 0 amide bonds. The van der Waals surface area contributed by atoms with E-state index in [0.29, 0.717) is 0 Å². The van der Waals surface area contributed by atoms with Gasteiger partial charge < -0.3 is 4.74 Å². The normalized spacial score (nSPS) is 12.4. The molecule has 2 rings (SSSR count). The number of ether oxygens (including phenoxy) is 1. The topological polar surface area (TPSA) is 65.1 Å². The molecule has 19 heavy (non-hydrogen) atoms. The van der Waals surface area contributed by atoms with Crippen molar-refractivity contribution in [2.45, 2.75) is 19.5 Å². The molecule has 0 radical (unpaired) electrons. The number of benzene rings is 1. The van der Waals surface area contributed by atoms with Gasteiger partial charge in [0.2, 0.25) is 0 Å². The number of nitrogens with zero attached hydrogens (tertiary/aromatic N) is 2. The van der Waals surface area contributed by atoms with Gasteiger partial charge >= 0.3 is 0 Å². The SMILES string of the molecule is CCn1cc(C(NN)c2ccc(OC)c(Br)c2)cn1. The fraction of sp³-hybridized carbons (Fsp3) is 0.308. The van der Waals surface area contributed by atoms with Crippen LogP contribution in [0.4, 0.5) is 0 Å². The maximum atomic E-state index is 5.67. The maximum Gasteiger partial charge on any atom is 0.133 e. The molecule has 3 N–H and O–H groups in total. The average Bonchev–Trinajstić information content (AvgIpc) is 2.88. The summed E-state index contributed by atoms with van der Waals surface area (Å²) in [6, 6.07) is 5.79. The number of hydrogen-bond acceptors (Lipinski definition) is 4. The molecule has 1 atom stereocenters. The second-order valence-corrected chi connectivity index (χ2v) is 4.98. The molecule has 0 saturated carbocycles. The molecule has 1 aromatic heterocycles. The Labute approximate surface area is 120 Å². The van der Waals surface area contributed by atoms with Crippen LogP contribution in [0.25, 0.3) is 0 Å². The van der Waals surface area contributed by atoms with Gasteiger partial charge in [0.05, 0.1) is 23.8 Å². The molecule has 0 bridgehead atoms. The zero-order valence-electron chi connectivity index (χ0n) is 10.9. The summed E-state index contributed by atoms with van der Waals surface area (Å²) in [7, 11) is 1.64. The molecule has 0 aliphatic heterocycles. The monoisotopic (exact) mass is 324 g/mol. The minimum absolute atomic E-state index is 0.0949. The van der Waals surface area contributed by atoms with Crippen molar-refractivity contribution in [3.05, 3.63) is 46.2 Å². The van der Waals surface area contributed by atoms with E-state index in [4.69, 9.17) is 10.6 Å². The second-order valence-electron chi connectivity index (χ2n) is 4.12. The minimum atomic E-state index is -0.0949. The smallest absolute Gasteiger partial charge is 0.133 e. The van der Waals surface area contributed by atoms with Gasteiger partial charge in [0.25, 0.3) is 0 Å². The Bertz CT molecular complexity index is 555. The summed E-state index contributed by atoms with van der Waals surface area (Å²) in [6.07, 6.45) is 3.81. The van der Waals surface area contributed by atoms with Gasteiger partial charge in [-0.15, -0.1) is 0 Å². The Kier molecular flexibility index (Phi) is 4.57. The van der Waals surface area contributed by atoms with Crippen LogP contribution in [0.1, 0.15) is 24.1 Å². The quantitative estimate of drug-likeness (QED) is 0.654. The Morgan fingerprint density at radius 1 is 1.47 bits per heavy atom. The third-order valence-electron chi connectivity index (χ3n) is 2.99. The average molecular weight is 325 g/mol. The summed E-state index contributed by atoms with van der Waals surface area (Å²) in [6.45, 7) is 2.88. The van der Waals surface area contributed by atoms with Gasteiger partial charge in [0, 0.05) is 18.3 Å². The van der Waals surface area contributed by atoms with Crippen molar-refractivity contribution in [3.63, 3.8) is 0 Å². The van der Waals surface area contributed by atoms with Crippen molar-refractivity contribution in [1.29, 1.82) is 0 Å². The van der Waals surface area contributed by atoms with E-state index in [1.54, 1.807) is 7.11 Å². The van der Waals surface area contributed by atoms with Crippen LogP contribution in [0.5, 0.6) is 5.75 Å². The maximum absolute atomic E-state index is 5.67. The number of aromatic nitrogens is 2. The van der Waals surface area contributed by atoms with E-state index < -0.39 is 0 Å². The van der Waals surface area contributed by atoms with Gasteiger partial charge in [-0.2, -0.15) is 5.10 Å². The zero-order chi connectivity index (χ0) is 13.8. The fourth-order valence-electron chi connectivity index (χ4n) is 1.95. The number of aryl methyl sites for hydroxylation is 1. The molecule has 2 aromatic rings. The van der Waals surface area contributed by atoms with E-state index in [1.165, 1.54) is 0 Å². The number of nitrogens with one attached hydrogen (secondary N) is 1. The van der Waals surface area contributed by atoms with Gasteiger partial charge in [0.1, 0.15) is 5.75 Å². The summed E-state index contributed by atoms with van der Waals surface area (Å²) in [5.74, 6) is 6.47. The van der Waals surface area contributed by atoms with Crippen molar-refractivity contribution in [2.75, 3.05) is 7.11 Å². The van der Waals surface area contributed by atoms with Crippen LogP contribution in [0.15, 0.2) is 35.1 Å². The van der Waals surface area contributed by atoms with Crippen LogP contribution in [0, 0.1) is 0 Å². The molecule has 6 heteroatoms.